The van der Waals surface area contributed by atoms with Gasteiger partial charge in [-0.05, 0) is 29.8 Å². The van der Waals surface area contributed by atoms with Crippen LogP contribution in [0.25, 0.3) is 0 Å². The Balaban J connectivity index is 1.62. The van der Waals surface area contributed by atoms with Crippen LogP contribution in [-0.4, -0.2) is 24.2 Å². The van der Waals surface area contributed by atoms with Crippen LogP contribution < -0.4 is 9.64 Å². The molecule has 0 radical (unpaired) electrons. The number of hydrogen-bond acceptors (Lipinski definition) is 3. The predicted octanol–water partition coefficient (Wildman–Crippen LogP) is 2.61. The van der Waals surface area contributed by atoms with Crippen molar-refractivity contribution < 1.29 is 14.6 Å². The van der Waals surface area contributed by atoms with Gasteiger partial charge >= 0.3 is 0 Å². The predicted molar refractivity (Wildman–Crippen MR) is 84.8 cm³/mol. The number of aliphatic hydroxyl groups excluding tert-OH is 1. The van der Waals surface area contributed by atoms with Crippen molar-refractivity contribution in [2.75, 3.05) is 18.1 Å². The minimum Gasteiger partial charge on any atom is -0.489 e. The maximum atomic E-state index is 11.9. The minimum atomic E-state index is 0.0431. The number of amides is 1. The van der Waals surface area contributed by atoms with Gasteiger partial charge in [0.15, 0.2) is 0 Å². The van der Waals surface area contributed by atoms with E-state index in [1.54, 1.807) is 4.90 Å². The molecule has 1 N–H and O–H groups in total. The molecular formula is C18H19NO3. The Kier molecular flexibility index (Phi) is 4.39. The van der Waals surface area contributed by atoms with Crippen molar-refractivity contribution in [3.8, 4) is 5.75 Å². The van der Waals surface area contributed by atoms with E-state index in [1.807, 2.05) is 54.6 Å². The molecule has 0 spiro atoms. The van der Waals surface area contributed by atoms with Gasteiger partial charge in [-0.3, -0.25) is 4.79 Å². The summed E-state index contributed by atoms with van der Waals surface area (Å²) in [6.07, 6.45) is 0.419. The first-order chi connectivity index (χ1) is 10.8. The van der Waals surface area contributed by atoms with Gasteiger partial charge in [-0.2, -0.15) is 0 Å². The van der Waals surface area contributed by atoms with E-state index in [-0.39, 0.29) is 18.4 Å². The van der Waals surface area contributed by atoms with Gasteiger partial charge in [0.05, 0.1) is 0 Å². The van der Waals surface area contributed by atoms with Crippen LogP contribution in [0.4, 0.5) is 5.69 Å². The molecule has 0 saturated carbocycles. The molecule has 1 unspecified atom stereocenters. The second-order valence-electron chi connectivity index (χ2n) is 5.53. The zero-order valence-corrected chi connectivity index (χ0v) is 12.3. The van der Waals surface area contributed by atoms with Gasteiger partial charge in [-0.15, -0.1) is 0 Å². The second-order valence-corrected chi connectivity index (χ2v) is 5.53. The molecule has 1 heterocycles. The number of carbonyl (C=O) groups excluding carboxylic acids is 1. The highest BCUT2D eigenvalue weighted by Crippen LogP contribution is 2.26. The van der Waals surface area contributed by atoms with E-state index in [0.717, 1.165) is 17.0 Å². The molecule has 2 aromatic carbocycles. The van der Waals surface area contributed by atoms with E-state index < -0.39 is 0 Å². The van der Waals surface area contributed by atoms with Crippen LogP contribution in [0.2, 0.25) is 0 Å². The Bertz CT molecular complexity index is 625. The van der Waals surface area contributed by atoms with Gasteiger partial charge < -0.3 is 14.7 Å². The summed E-state index contributed by atoms with van der Waals surface area (Å²) >= 11 is 0. The van der Waals surface area contributed by atoms with Gasteiger partial charge in [-0.1, -0.05) is 30.3 Å². The van der Waals surface area contributed by atoms with Crippen molar-refractivity contribution in [3.05, 3.63) is 60.2 Å². The summed E-state index contributed by atoms with van der Waals surface area (Å²) in [5.74, 6) is 0.886. The summed E-state index contributed by atoms with van der Waals surface area (Å²) in [4.78, 5) is 13.6. The molecule has 4 heteroatoms. The Morgan fingerprint density at radius 2 is 1.82 bits per heavy atom. The monoisotopic (exact) mass is 297 g/mol. The molecule has 22 heavy (non-hydrogen) atoms. The van der Waals surface area contributed by atoms with E-state index in [1.165, 1.54) is 0 Å². The smallest absolute Gasteiger partial charge is 0.227 e. The highest BCUT2D eigenvalue weighted by Gasteiger charge is 2.29. The van der Waals surface area contributed by atoms with Crippen molar-refractivity contribution in [1.29, 1.82) is 0 Å². The number of nitrogens with zero attached hydrogens (tertiary/aromatic N) is 1. The largest absolute Gasteiger partial charge is 0.489 e. The number of anilines is 1. The van der Waals surface area contributed by atoms with E-state index in [9.17, 15) is 9.90 Å². The van der Waals surface area contributed by atoms with Gasteiger partial charge in [0.25, 0.3) is 0 Å². The SMILES string of the molecule is O=C1CC(CO)CN1c1ccc(OCc2ccccc2)cc1. The lowest BCUT2D eigenvalue weighted by Gasteiger charge is -2.17. The molecule has 114 valence electrons. The molecule has 0 aromatic heterocycles. The Morgan fingerprint density at radius 3 is 2.45 bits per heavy atom. The number of hydrogen-bond donors (Lipinski definition) is 1. The maximum Gasteiger partial charge on any atom is 0.227 e. The summed E-state index contributed by atoms with van der Waals surface area (Å²) in [5.41, 5.74) is 1.97. The number of rotatable bonds is 5. The molecule has 1 saturated heterocycles. The van der Waals surface area contributed by atoms with Crippen molar-refractivity contribution in [3.63, 3.8) is 0 Å². The summed E-state index contributed by atoms with van der Waals surface area (Å²) in [6, 6.07) is 17.5. The van der Waals surface area contributed by atoms with Crippen LogP contribution in [-0.2, 0) is 11.4 Å². The molecule has 1 aliphatic rings. The van der Waals surface area contributed by atoms with Crippen molar-refractivity contribution in [2.45, 2.75) is 13.0 Å². The Labute approximate surface area is 130 Å². The standard InChI is InChI=1S/C18H19NO3/c20-12-15-10-18(21)19(11-15)16-6-8-17(9-7-16)22-13-14-4-2-1-3-5-14/h1-9,15,20H,10-13H2. The van der Waals surface area contributed by atoms with Gasteiger partial charge in [0.1, 0.15) is 12.4 Å². The number of aliphatic hydroxyl groups is 1. The van der Waals surface area contributed by atoms with Crippen molar-refractivity contribution in [1.82, 2.24) is 0 Å². The topological polar surface area (TPSA) is 49.8 Å². The third-order valence-corrected chi connectivity index (χ3v) is 3.86. The van der Waals surface area contributed by atoms with E-state index in [4.69, 9.17) is 4.74 Å². The van der Waals surface area contributed by atoms with Crippen LogP contribution >= 0.6 is 0 Å². The van der Waals surface area contributed by atoms with Gasteiger partial charge in [-0.25, -0.2) is 0 Å². The van der Waals surface area contributed by atoms with E-state index in [2.05, 4.69) is 0 Å². The molecular weight excluding hydrogens is 278 g/mol. The van der Waals surface area contributed by atoms with Gasteiger partial charge in [0, 0.05) is 31.2 Å². The van der Waals surface area contributed by atoms with Gasteiger partial charge in [0.2, 0.25) is 5.91 Å². The zero-order valence-electron chi connectivity index (χ0n) is 12.3. The number of carbonyl (C=O) groups is 1. The lowest BCUT2D eigenvalue weighted by molar-refractivity contribution is -0.117. The molecule has 0 bridgehead atoms. The lowest BCUT2D eigenvalue weighted by atomic mass is 10.1. The van der Waals surface area contributed by atoms with Crippen LogP contribution in [0.3, 0.4) is 0 Å². The van der Waals surface area contributed by atoms with Crippen LogP contribution in [0.15, 0.2) is 54.6 Å². The normalized spacial score (nSPS) is 17.8. The minimum absolute atomic E-state index is 0.0431. The zero-order chi connectivity index (χ0) is 15.4. The fourth-order valence-corrected chi connectivity index (χ4v) is 2.62. The Morgan fingerprint density at radius 1 is 1.09 bits per heavy atom. The molecule has 1 fully saturated rings. The molecule has 2 aromatic rings. The fraction of sp³-hybridized carbons (Fsp3) is 0.278. The molecule has 3 rings (SSSR count). The van der Waals surface area contributed by atoms with E-state index in [0.29, 0.717) is 19.6 Å². The van der Waals surface area contributed by atoms with E-state index >= 15 is 0 Å². The quantitative estimate of drug-likeness (QED) is 0.923. The summed E-state index contributed by atoms with van der Waals surface area (Å²) < 4.78 is 5.74. The van der Waals surface area contributed by atoms with Crippen molar-refractivity contribution in [2.24, 2.45) is 5.92 Å². The average molecular weight is 297 g/mol. The lowest BCUT2D eigenvalue weighted by Crippen LogP contribution is -2.24. The highest BCUT2D eigenvalue weighted by molar-refractivity contribution is 5.95. The first-order valence-electron chi connectivity index (χ1n) is 7.44. The summed E-state index contributed by atoms with van der Waals surface area (Å²) in [7, 11) is 0. The highest BCUT2D eigenvalue weighted by atomic mass is 16.5. The molecule has 1 aliphatic heterocycles. The summed E-state index contributed by atoms with van der Waals surface area (Å²) in [6.45, 7) is 1.16. The second kappa shape index (κ2) is 6.62. The third-order valence-electron chi connectivity index (χ3n) is 3.86. The first-order valence-corrected chi connectivity index (χ1v) is 7.44. The number of ether oxygens (including phenoxy) is 1. The van der Waals surface area contributed by atoms with Crippen molar-refractivity contribution >= 4 is 11.6 Å². The average Bonchev–Trinajstić information content (AvgIpc) is 2.95. The van der Waals surface area contributed by atoms with Crippen LogP contribution in [0.5, 0.6) is 5.75 Å². The third kappa shape index (κ3) is 3.28. The number of benzene rings is 2. The molecule has 0 aliphatic carbocycles. The molecule has 1 amide bonds. The van der Waals surface area contributed by atoms with Crippen LogP contribution in [0, 0.1) is 5.92 Å². The maximum absolute atomic E-state index is 11.9. The summed E-state index contributed by atoms with van der Waals surface area (Å²) in [5, 5.41) is 9.17. The Hall–Kier alpha value is -2.33. The fourth-order valence-electron chi connectivity index (χ4n) is 2.62. The molecule has 1 atom stereocenters. The molecule has 4 nitrogen and oxygen atoms in total. The van der Waals surface area contributed by atoms with Crippen LogP contribution in [0.1, 0.15) is 12.0 Å². The first kappa shape index (κ1) is 14.6.